The number of unbranched alkanes of at least 4 members (excludes halogenated alkanes) is 1. The van der Waals surface area contributed by atoms with E-state index >= 15 is 0 Å². The first-order valence-corrected chi connectivity index (χ1v) is 13.3. The number of benzene rings is 1. The summed E-state index contributed by atoms with van der Waals surface area (Å²) in [5.41, 5.74) is 2.04. The Labute approximate surface area is 237 Å². The number of nitriles is 1. The minimum atomic E-state index is -0.578. The fourth-order valence-corrected chi connectivity index (χ4v) is 3.27. The number of aromatic nitrogens is 2. The Morgan fingerprint density at radius 1 is 1.12 bits per heavy atom. The number of likely N-dealkylation sites (N-methyl/N-ethyl adjacent to an activating group) is 2. The van der Waals surface area contributed by atoms with E-state index in [4.69, 9.17) is 5.26 Å². The average molecular weight is 545 g/mol. The molecule has 0 saturated heterocycles. The van der Waals surface area contributed by atoms with Gasteiger partial charge in [-0.15, -0.1) is 0 Å². The van der Waals surface area contributed by atoms with Crippen LogP contribution < -0.4 is 16.0 Å². The molecule has 10 nitrogen and oxygen atoms in total. The zero-order valence-corrected chi connectivity index (χ0v) is 24.3. The number of nitrogens with zero attached hydrogens (tertiary/aromatic N) is 5. The van der Waals surface area contributed by atoms with Crippen LogP contribution in [0.25, 0.3) is 0 Å². The number of carbonyl (C=O) groups excluding carboxylic acids is 2. The lowest BCUT2D eigenvalue weighted by molar-refractivity contribution is -0.135. The molecule has 0 fully saturated rings. The first-order chi connectivity index (χ1) is 19.1. The van der Waals surface area contributed by atoms with E-state index in [1.807, 2.05) is 19.0 Å². The third-order valence-corrected chi connectivity index (χ3v) is 5.78. The van der Waals surface area contributed by atoms with Crippen molar-refractivity contribution >= 4 is 29.3 Å². The Morgan fingerprint density at radius 3 is 2.50 bits per heavy atom. The summed E-state index contributed by atoms with van der Waals surface area (Å²) in [5, 5.41) is 18.3. The number of amides is 2. The molecule has 1 aromatic heterocycles. The van der Waals surface area contributed by atoms with E-state index in [-0.39, 0.29) is 11.8 Å². The Bertz CT molecular complexity index is 1250. The molecule has 0 aliphatic heterocycles. The molecule has 0 aliphatic carbocycles. The van der Waals surface area contributed by atoms with Crippen molar-refractivity contribution in [3.05, 3.63) is 53.7 Å². The van der Waals surface area contributed by atoms with Gasteiger partial charge in [0.2, 0.25) is 17.8 Å². The Morgan fingerprint density at radius 2 is 1.85 bits per heavy atom. The van der Waals surface area contributed by atoms with E-state index < -0.39 is 6.04 Å². The maximum absolute atomic E-state index is 12.5. The lowest BCUT2D eigenvalue weighted by atomic mass is 10.2. The molecule has 2 amide bonds. The summed E-state index contributed by atoms with van der Waals surface area (Å²) in [6.45, 7) is 7.77. The summed E-state index contributed by atoms with van der Waals surface area (Å²) >= 11 is 0. The molecule has 10 heteroatoms. The van der Waals surface area contributed by atoms with Crippen molar-refractivity contribution in [3.63, 3.8) is 0 Å². The van der Waals surface area contributed by atoms with Crippen molar-refractivity contribution in [1.82, 2.24) is 25.1 Å². The third kappa shape index (κ3) is 11.1. The normalized spacial score (nSPS) is 11.5. The fourth-order valence-electron chi connectivity index (χ4n) is 3.27. The Balaban J connectivity index is 1.91. The van der Waals surface area contributed by atoms with Crippen LogP contribution in [0.15, 0.2) is 42.6 Å². The van der Waals surface area contributed by atoms with E-state index in [9.17, 15) is 9.59 Å². The summed E-state index contributed by atoms with van der Waals surface area (Å²) in [6.07, 6.45) is 6.18. The summed E-state index contributed by atoms with van der Waals surface area (Å²) < 4.78 is 0. The van der Waals surface area contributed by atoms with Gasteiger partial charge < -0.3 is 25.8 Å². The molecule has 0 aliphatic rings. The van der Waals surface area contributed by atoms with Gasteiger partial charge in [0.15, 0.2) is 0 Å². The third-order valence-electron chi connectivity index (χ3n) is 5.78. The van der Waals surface area contributed by atoms with Crippen LogP contribution in [0, 0.1) is 29.1 Å². The van der Waals surface area contributed by atoms with Crippen LogP contribution in [0.3, 0.4) is 0 Å². The lowest BCUT2D eigenvalue weighted by Gasteiger charge is -2.23. The monoisotopic (exact) mass is 544 g/mol. The van der Waals surface area contributed by atoms with Gasteiger partial charge in [0, 0.05) is 44.9 Å². The summed E-state index contributed by atoms with van der Waals surface area (Å²) in [7, 11) is 5.46. The van der Waals surface area contributed by atoms with E-state index in [0.29, 0.717) is 54.7 Å². The zero-order chi connectivity index (χ0) is 29.5. The summed E-state index contributed by atoms with van der Waals surface area (Å²) in [6, 6.07) is 8.58. The number of nitrogens with one attached hydrogen (secondary N) is 3. The highest BCUT2D eigenvalue weighted by atomic mass is 16.2. The number of rotatable bonds is 13. The van der Waals surface area contributed by atoms with Gasteiger partial charge in [0.1, 0.15) is 11.9 Å². The highest BCUT2D eigenvalue weighted by molar-refractivity contribution is 5.92. The fraction of sp³-hybridized carbons (Fsp3) is 0.433. The second-order valence-electron chi connectivity index (χ2n) is 10.0. The van der Waals surface area contributed by atoms with Crippen LogP contribution in [0.4, 0.5) is 17.5 Å². The molecule has 40 heavy (non-hydrogen) atoms. The molecule has 2 rings (SSSR count). The Hall–Kier alpha value is -4.41. The molecule has 0 radical (unpaired) electrons. The van der Waals surface area contributed by atoms with Gasteiger partial charge >= 0.3 is 0 Å². The first kappa shape index (κ1) is 31.8. The molecule has 212 valence electrons. The van der Waals surface area contributed by atoms with Crippen LogP contribution in [-0.4, -0.2) is 78.4 Å². The van der Waals surface area contributed by atoms with Gasteiger partial charge in [-0.1, -0.05) is 31.8 Å². The highest BCUT2D eigenvalue weighted by Gasteiger charge is 2.20. The molecular formula is C30H40N8O2. The molecule has 1 aromatic carbocycles. The second-order valence-corrected chi connectivity index (χ2v) is 10.0. The zero-order valence-electron chi connectivity index (χ0n) is 24.3. The SMILES string of the molecule is CC(C)CNc1nc(Nc2ccc(C#N)cc2)ncc1C#CCCCNC(=O)[C@H](C)N(C)C(=O)C=CCN(C)C. The molecule has 0 spiro atoms. The molecule has 0 bridgehead atoms. The minimum Gasteiger partial charge on any atom is -0.369 e. The second kappa shape index (κ2) is 16.5. The highest BCUT2D eigenvalue weighted by Crippen LogP contribution is 2.18. The molecule has 2 aromatic rings. The quantitative estimate of drug-likeness (QED) is 0.199. The molecular weight excluding hydrogens is 504 g/mol. The number of carbonyl (C=O) groups is 2. The molecule has 3 N–H and O–H groups in total. The van der Waals surface area contributed by atoms with Crippen molar-refractivity contribution in [3.8, 4) is 17.9 Å². The van der Waals surface area contributed by atoms with Crippen LogP contribution in [0.1, 0.15) is 44.7 Å². The number of hydrogen-bond donors (Lipinski definition) is 3. The standard InChI is InChI=1S/C30H40N8O2/c1-22(2)20-33-28-25(21-34-30(36-28)35-26-15-13-24(19-31)14-16-26)11-8-7-9-17-32-29(40)23(3)38(6)27(39)12-10-18-37(4)5/h10,12-16,21-23H,7,9,17-18,20H2,1-6H3,(H,32,40)(H2,33,34,35,36)/t23-/m0/s1. The van der Waals surface area contributed by atoms with Gasteiger partial charge in [-0.25, -0.2) is 4.98 Å². The number of hydrogen-bond acceptors (Lipinski definition) is 8. The molecule has 1 heterocycles. The Kier molecular flexibility index (Phi) is 13.1. The van der Waals surface area contributed by atoms with Crippen LogP contribution in [0.5, 0.6) is 0 Å². The first-order valence-electron chi connectivity index (χ1n) is 13.3. The summed E-state index contributed by atoms with van der Waals surface area (Å²) in [4.78, 5) is 37.1. The number of anilines is 3. The predicted octanol–water partition coefficient (Wildman–Crippen LogP) is 3.37. The van der Waals surface area contributed by atoms with Crippen LogP contribution in [-0.2, 0) is 9.59 Å². The smallest absolute Gasteiger partial charge is 0.246 e. The van der Waals surface area contributed by atoms with Crippen LogP contribution >= 0.6 is 0 Å². The van der Waals surface area contributed by atoms with Crippen molar-refractivity contribution in [1.29, 1.82) is 5.26 Å². The maximum atomic E-state index is 12.5. The van der Waals surface area contributed by atoms with Crippen molar-refractivity contribution in [2.75, 3.05) is 51.4 Å². The van der Waals surface area contributed by atoms with Gasteiger partial charge in [0.25, 0.3) is 0 Å². The predicted molar refractivity (Wildman–Crippen MR) is 159 cm³/mol. The van der Waals surface area contributed by atoms with E-state index in [2.05, 4.69) is 57.7 Å². The maximum Gasteiger partial charge on any atom is 0.246 e. The van der Waals surface area contributed by atoms with Gasteiger partial charge in [-0.2, -0.15) is 10.2 Å². The molecule has 0 saturated carbocycles. The van der Waals surface area contributed by atoms with E-state index in [1.54, 1.807) is 50.5 Å². The van der Waals surface area contributed by atoms with Crippen molar-refractivity contribution < 1.29 is 9.59 Å². The average Bonchev–Trinajstić information content (AvgIpc) is 2.93. The summed E-state index contributed by atoms with van der Waals surface area (Å²) in [5.74, 6) is 7.34. The molecule has 1 atom stereocenters. The van der Waals surface area contributed by atoms with E-state index in [1.165, 1.54) is 11.0 Å². The van der Waals surface area contributed by atoms with Gasteiger partial charge in [0.05, 0.1) is 23.4 Å². The molecule has 0 unspecified atom stereocenters. The van der Waals surface area contributed by atoms with E-state index in [0.717, 1.165) is 12.2 Å². The van der Waals surface area contributed by atoms with Crippen LogP contribution in [0.2, 0.25) is 0 Å². The van der Waals surface area contributed by atoms with Crippen molar-refractivity contribution in [2.24, 2.45) is 5.92 Å². The minimum absolute atomic E-state index is 0.205. The topological polar surface area (TPSA) is 126 Å². The largest absolute Gasteiger partial charge is 0.369 e. The van der Waals surface area contributed by atoms with Gasteiger partial charge in [-0.05, 0) is 57.6 Å². The van der Waals surface area contributed by atoms with Gasteiger partial charge in [-0.3, -0.25) is 9.59 Å². The van der Waals surface area contributed by atoms with Crippen molar-refractivity contribution in [2.45, 2.75) is 39.7 Å². The lowest BCUT2D eigenvalue weighted by Crippen LogP contribution is -2.45.